The summed E-state index contributed by atoms with van der Waals surface area (Å²) in [5.74, 6) is 0. The summed E-state index contributed by atoms with van der Waals surface area (Å²) in [7, 11) is 0. The van der Waals surface area contributed by atoms with Gasteiger partial charge in [-0.25, -0.2) is 12.2 Å². The van der Waals surface area contributed by atoms with Gasteiger partial charge in [-0.1, -0.05) is 30.7 Å². The summed E-state index contributed by atoms with van der Waals surface area (Å²) >= 11 is 0. The Bertz CT molecular complexity index is 373. The molecule has 0 fully saturated rings. The number of rotatable bonds is 2. The van der Waals surface area contributed by atoms with Crippen molar-refractivity contribution in [3.8, 4) is 0 Å². The molecule has 0 aliphatic heterocycles. The maximum atomic E-state index is 3.27. The molecule has 0 heterocycles. The zero-order chi connectivity index (χ0) is 9.10. The quantitative estimate of drug-likeness (QED) is 0.376. The van der Waals surface area contributed by atoms with Crippen LogP contribution in [0, 0.1) is 13.0 Å². The van der Waals surface area contributed by atoms with Crippen molar-refractivity contribution in [3.05, 3.63) is 59.2 Å². The first-order valence-electron chi connectivity index (χ1n) is 4.67. The fraction of sp³-hybridized carbons (Fsp3) is 0.231. The second-order valence-corrected chi connectivity index (χ2v) is 3.46. The van der Waals surface area contributed by atoms with Gasteiger partial charge in [-0.15, -0.1) is 0 Å². The van der Waals surface area contributed by atoms with Crippen molar-refractivity contribution in [3.63, 3.8) is 0 Å². The Kier molecular flexibility index (Phi) is 15.0. The van der Waals surface area contributed by atoms with Gasteiger partial charge in [-0.05, 0) is 24.5 Å². The van der Waals surface area contributed by atoms with E-state index in [4.69, 9.17) is 0 Å². The van der Waals surface area contributed by atoms with Crippen LogP contribution >= 0.6 is 0 Å². The Labute approximate surface area is 137 Å². The molecule has 0 bridgehead atoms. The molecule has 0 N–H and O–H groups in total. The van der Waals surface area contributed by atoms with Gasteiger partial charge in [0.2, 0.25) is 0 Å². The Morgan fingerprint density at radius 2 is 1.76 bits per heavy atom. The van der Waals surface area contributed by atoms with Gasteiger partial charge in [0.15, 0.2) is 0 Å². The maximum Gasteiger partial charge on any atom is 4.00 e. The average Bonchev–Trinajstić information content (AvgIpc) is 2.61. The summed E-state index contributed by atoms with van der Waals surface area (Å²) in [5.41, 5.74) is 4.20. The van der Waals surface area contributed by atoms with E-state index < -0.39 is 0 Å². The third-order valence-electron chi connectivity index (χ3n) is 2.43. The molecule has 0 unspecified atom stereocenters. The number of allylic oxidation sites excluding steroid dienone is 4. The van der Waals surface area contributed by atoms with Crippen molar-refractivity contribution >= 4 is 0 Å². The molecule has 0 spiro atoms. The SMILES string of the molecule is Cc1ccccc1CC1=[C-]C=CC1.[Cl-].[Cl-].[Cl-].[Ti+4]. The van der Waals surface area contributed by atoms with Crippen molar-refractivity contribution in [2.45, 2.75) is 19.8 Å². The molecule has 0 atom stereocenters. The van der Waals surface area contributed by atoms with Gasteiger partial charge in [0, 0.05) is 0 Å². The number of halogens is 3. The number of hydrogen-bond acceptors (Lipinski definition) is 0. The van der Waals surface area contributed by atoms with Crippen LogP contribution < -0.4 is 37.2 Å². The van der Waals surface area contributed by atoms with Crippen molar-refractivity contribution in [2.75, 3.05) is 0 Å². The van der Waals surface area contributed by atoms with E-state index in [1.807, 2.05) is 6.08 Å². The van der Waals surface area contributed by atoms with Crippen LogP contribution in [0.15, 0.2) is 42.0 Å². The minimum Gasteiger partial charge on any atom is -1.00 e. The van der Waals surface area contributed by atoms with Gasteiger partial charge >= 0.3 is 21.7 Å². The van der Waals surface area contributed by atoms with Crippen LogP contribution in [0.4, 0.5) is 0 Å². The van der Waals surface area contributed by atoms with Crippen LogP contribution in [0.5, 0.6) is 0 Å². The van der Waals surface area contributed by atoms with Crippen LogP contribution in [-0.2, 0) is 28.1 Å². The topological polar surface area (TPSA) is 0 Å². The fourth-order valence-electron chi connectivity index (χ4n) is 1.60. The summed E-state index contributed by atoms with van der Waals surface area (Å²) in [6.45, 7) is 2.16. The van der Waals surface area contributed by atoms with Crippen LogP contribution in [-0.4, -0.2) is 0 Å². The van der Waals surface area contributed by atoms with Crippen LogP contribution in [0.2, 0.25) is 0 Å². The smallest absolute Gasteiger partial charge is 1.00 e. The second kappa shape index (κ2) is 11.4. The summed E-state index contributed by atoms with van der Waals surface area (Å²) in [6, 6.07) is 8.55. The molecular formula is C13H13Cl3Ti. The minimum absolute atomic E-state index is 0. The first-order valence-corrected chi connectivity index (χ1v) is 4.67. The predicted octanol–water partition coefficient (Wildman–Crippen LogP) is -5.76. The molecule has 4 heteroatoms. The summed E-state index contributed by atoms with van der Waals surface area (Å²) in [4.78, 5) is 0. The van der Waals surface area contributed by atoms with Crippen LogP contribution in [0.1, 0.15) is 17.5 Å². The molecule has 0 amide bonds. The molecule has 1 aromatic carbocycles. The molecule has 2 rings (SSSR count). The molecule has 0 radical (unpaired) electrons. The van der Waals surface area contributed by atoms with E-state index in [-0.39, 0.29) is 58.9 Å². The van der Waals surface area contributed by atoms with Gasteiger partial charge in [0.25, 0.3) is 0 Å². The van der Waals surface area contributed by atoms with Gasteiger partial charge in [-0.2, -0.15) is 5.57 Å². The van der Waals surface area contributed by atoms with Crippen LogP contribution in [0.3, 0.4) is 0 Å². The van der Waals surface area contributed by atoms with E-state index in [1.165, 1.54) is 16.7 Å². The van der Waals surface area contributed by atoms with E-state index in [0.717, 1.165) is 12.8 Å². The molecule has 1 aliphatic rings. The maximum absolute atomic E-state index is 3.27. The molecule has 90 valence electrons. The van der Waals surface area contributed by atoms with Gasteiger partial charge in [0.1, 0.15) is 0 Å². The Morgan fingerprint density at radius 1 is 1.12 bits per heavy atom. The molecule has 0 nitrogen and oxygen atoms in total. The molecule has 0 saturated heterocycles. The number of hydrogen-bond donors (Lipinski definition) is 0. The Hall–Kier alpha value is 0.284. The number of benzene rings is 1. The monoisotopic (exact) mass is 322 g/mol. The zero-order valence-corrected chi connectivity index (χ0v) is 13.3. The van der Waals surface area contributed by atoms with Gasteiger partial charge in [-0.3, -0.25) is 6.08 Å². The molecular weight excluding hydrogens is 310 g/mol. The molecule has 1 aliphatic carbocycles. The number of aryl methyl sites for hydroxylation is 1. The standard InChI is InChI=1S/C13H13.3ClH.Ti/c1-11-6-2-5-9-13(11)10-12-7-3-4-8-12;;;;/h2-6,9H,7,10H2,1H3;3*1H;/q-1;;;;+4/p-3. The molecule has 1 aromatic rings. The summed E-state index contributed by atoms with van der Waals surface area (Å²) in [6.07, 6.45) is 9.58. The first kappa shape index (κ1) is 22.5. The fourth-order valence-corrected chi connectivity index (χ4v) is 1.60. The van der Waals surface area contributed by atoms with Crippen molar-refractivity contribution in [1.82, 2.24) is 0 Å². The van der Waals surface area contributed by atoms with Crippen molar-refractivity contribution in [2.24, 2.45) is 0 Å². The average molecular weight is 323 g/mol. The third kappa shape index (κ3) is 6.69. The minimum atomic E-state index is 0. The van der Waals surface area contributed by atoms with E-state index in [2.05, 4.69) is 43.3 Å². The van der Waals surface area contributed by atoms with E-state index in [0.29, 0.717) is 0 Å². The normalized spacial score (nSPS) is 11.2. The summed E-state index contributed by atoms with van der Waals surface area (Å²) < 4.78 is 0. The Balaban J connectivity index is -0.000000490. The Morgan fingerprint density at radius 3 is 2.29 bits per heavy atom. The molecule has 17 heavy (non-hydrogen) atoms. The van der Waals surface area contributed by atoms with Crippen molar-refractivity contribution < 1.29 is 58.9 Å². The predicted molar refractivity (Wildman–Crippen MR) is 55.4 cm³/mol. The third-order valence-corrected chi connectivity index (χ3v) is 2.43. The molecule has 0 aromatic heterocycles. The van der Waals surface area contributed by atoms with E-state index >= 15 is 0 Å². The largest absolute Gasteiger partial charge is 4.00 e. The van der Waals surface area contributed by atoms with Gasteiger partial charge < -0.3 is 37.2 Å². The van der Waals surface area contributed by atoms with Crippen LogP contribution in [0.25, 0.3) is 0 Å². The zero-order valence-electron chi connectivity index (χ0n) is 9.51. The summed E-state index contributed by atoms with van der Waals surface area (Å²) in [5, 5.41) is 0. The molecule has 0 saturated carbocycles. The van der Waals surface area contributed by atoms with E-state index in [9.17, 15) is 0 Å². The van der Waals surface area contributed by atoms with Crippen molar-refractivity contribution in [1.29, 1.82) is 0 Å². The van der Waals surface area contributed by atoms with Gasteiger partial charge in [0.05, 0.1) is 0 Å². The second-order valence-electron chi connectivity index (χ2n) is 3.46. The van der Waals surface area contributed by atoms with E-state index in [1.54, 1.807) is 0 Å². The first-order chi connectivity index (χ1) is 6.36.